The van der Waals surface area contributed by atoms with E-state index in [1.165, 1.54) is 11.9 Å². The number of hydrogen-bond donors (Lipinski definition) is 1. The molecule has 0 atom stereocenters. The maximum atomic E-state index is 11.9. The molecule has 1 aliphatic heterocycles. The number of morpholine rings is 1. The Hall–Kier alpha value is -2.50. The Morgan fingerprint density at radius 2 is 1.79 bits per heavy atom. The Balaban J connectivity index is 1.58. The first-order chi connectivity index (χ1) is 11.8. The van der Waals surface area contributed by atoms with Gasteiger partial charge in [0.05, 0.1) is 30.4 Å². The van der Waals surface area contributed by atoms with E-state index in [2.05, 4.69) is 39.1 Å². The third kappa shape index (κ3) is 3.09. The highest BCUT2D eigenvalue weighted by molar-refractivity contribution is 5.83. The van der Waals surface area contributed by atoms with Crippen molar-refractivity contribution in [2.24, 2.45) is 0 Å². The monoisotopic (exact) mass is 321 g/mol. The molecule has 5 heteroatoms. The van der Waals surface area contributed by atoms with Crippen molar-refractivity contribution in [2.75, 3.05) is 26.3 Å². The molecule has 3 aromatic rings. The summed E-state index contributed by atoms with van der Waals surface area (Å²) in [4.78, 5) is 21.1. The quantitative estimate of drug-likeness (QED) is 0.805. The number of hydrogen-bond acceptors (Lipinski definition) is 4. The summed E-state index contributed by atoms with van der Waals surface area (Å²) < 4.78 is 5.38. The fourth-order valence-corrected chi connectivity index (χ4v) is 3.07. The molecule has 1 aromatic heterocycles. The van der Waals surface area contributed by atoms with Crippen molar-refractivity contribution in [2.45, 2.75) is 6.54 Å². The number of nitrogens with one attached hydrogen (secondary N) is 1. The summed E-state index contributed by atoms with van der Waals surface area (Å²) in [6.07, 6.45) is 1.44. The minimum absolute atomic E-state index is 0.106. The molecule has 24 heavy (non-hydrogen) atoms. The van der Waals surface area contributed by atoms with E-state index in [9.17, 15) is 4.79 Å². The second-order valence-electron chi connectivity index (χ2n) is 6.05. The van der Waals surface area contributed by atoms with Crippen LogP contribution in [0.3, 0.4) is 0 Å². The maximum Gasteiger partial charge on any atom is 0.258 e. The number of H-pyrrole nitrogens is 1. The standard InChI is InChI=1S/C19H19N3O2/c23-19-17-11-16(5-6-18(17)20-13-21-19)15-3-1-14(2-4-15)12-22-7-9-24-10-8-22/h1-6,11,13H,7-10,12H2,(H,20,21,23). The van der Waals surface area contributed by atoms with E-state index in [0.717, 1.165) is 44.0 Å². The molecule has 5 nitrogen and oxygen atoms in total. The molecule has 122 valence electrons. The van der Waals surface area contributed by atoms with Crippen LogP contribution in [0.5, 0.6) is 0 Å². The number of rotatable bonds is 3. The molecule has 1 N–H and O–H groups in total. The van der Waals surface area contributed by atoms with Crippen molar-refractivity contribution < 1.29 is 4.74 Å². The highest BCUT2D eigenvalue weighted by atomic mass is 16.5. The lowest BCUT2D eigenvalue weighted by Gasteiger charge is -2.26. The zero-order valence-electron chi connectivity index (χ0n) is 13.4. The van der Waals surface area contributed by atoms with E-state index >= 15 is 0 Å². The van der Waals surface area contributed by atoms with Gasteiger partial charge in [-0.05, 0) is 28.8 Å². The molecule has 0 amide bonds. The van der Waals surface area contributed by atoms with Crippen LogP contribution in [0.2, 0.25) is 0 Å². The van der Waals surface area contributed by atoms with Crippen molar-refractivity contribution in [3.63, 3.8) is 0 Å². The predicted octanol–water partition coefficient (Wildman–Crippen LogP) is 2.42. The largest absolute Gasteiger partial charge is 0.379 e. The summed E-state index contributed by atoms with van der Waals surface area (Å²) >= 11 is 0. The average molecular weight is 321 g/mol. The minimum Gasteiger partial charge on any atom is -0.379 e. The zero-order valence-corrected chi connectivity index (χ0v) is 13.4. The van der Waals surface area contributed by atoms with Crippen LogP contribution in [0.4, 0.5) is 0 Å². The molecule has 0 unspecified atom stereocenters. The van der Waals surface area contributed by atoms with E-state index in [1.807, 2.05) is 18.2 Å². The van der Waals surface area contributed by atoms with Crippen LogP contribution in [-0.4, -0.2) is 41.2 Å². The molecule has 0 bridgehead atoms. The van der Waals surface area contributed by atoms with Crippen molar-refractivity contribution in [1.82, 2.24) is 14.9 Å². The van der Waals surface area contributed by atoms with Gasteiger partial charge in [-0.1, -0.05) is 30.3 Å². The minimum atomic E-state index is -0.106. The highest BCUT2D eigenvalue weighted by Crippen LogP contribution is 2.23. The maximum absolute atomic E-state index is 11.9. The summed E-state index contributed by atoms with van der Waals surface area (Å²) in [5.74, 6) is 0. The molecule has 1 aliphatic rings. The molecule has 1 fully saturated rings. The van der Waals surface area contributed by atoms with E-state index in [4.69, 9.17) is 4.74 Å². The van der Waals surface area contributed by atoms with Crippen molar-refractivity contribution in [3.8, 4) is 11.1 Å². The van der Waals surface area contributed by atoms with Gasteiger partial charge in [-0.15, -0.1) is 0 Å². The first kappa shape index (κ1) is 15.1. The summed E-state index contributed by atoms with van der Waals surface area (Å²) in [7, 11) is 0. The SMILES string of the molecule is O=c1[nH]cnc2ccc(-c3ccc(CN4CCOCC4)cc3)cc12. The van der Waals surface area contributed by atoms with E-state index in [0.29, 0.717) is 10.9 Å². The van der Waals surface area contributed by atoms with E-state index in [-0.39, 0.29) is 5.56 Å². The number of benzene rings is 2. The molecule has 0 saturated carbocycles. The number of aromatic nitrogens is 2. The van der Waals surface area contributed by atoms with E-state index in [1.54, 1.807) is 0 Å². The van der Waals surface area contributed by atoms with Crippen LogP contribution in [0.1, 0.15) is 5.56 Å². The lowest BCUT2D eigenvalue weighted by Crippen LogP contribution is -2.35. The first-order valence-electron chi connectivity index (χ1n) is 8.16. The van der Waals surface area contributed by atoms with Crippen molar-refractivity contribution in [1.29, 1.82) is 0 Å². The lowest BCUT2D eigenvalue weighted by atomic mass is 10.0. The third-order valence-electron chi connectivity index (χ3n) is 4.44. The van der Waals surface area contributed by atoms with Gasteiger partial charge < -0.3 is 9.72 Å². The zero-order chi connectivity index (χ0) is 16.4. The number of aromatic amines is 1. The van der Waals surface area contributed by atoms with Crippen LogP contribution in [0.15, 0.2) is 53.6 Å². The lowest BCUT2D eigenvalue weighted by molar-refractivity contribution is 0.0342. The Morgan fingerprint density at radius 1 is 1.04 bits per heavy atom. The molecule has 0 aliphatic carbocycles. The van der Waals surface area contributed by atoms with Crippen molar-refractivity contribution in [3.05, 3.63) is 64.7 Å². The summed E-state index contributed by atoms with van der Waals surface area (Å²) in [6.45, 7) is 4.56. The van der Waals surface area contributed by atoms with Crippen molar-refractivity contribution >= 4 is 10.9 Å². The second-order valence-corrected chi connectivity index (χ2v) is 6.05. The predicted molar refractivity (Wildman–Crippen MR) is 93.9 cm³/mol. The molecule has 0 radical (unpaired) electrons. The smallest absolute Gasteiger partial charge is 0.258 e. The molecule has 1 saturated heterocycles. The van der Waals surface area contributed by atoms with Gasteiger partial charge in [-0.2, -0.15) is 0 Å². The van der Waals surface area contributed by atoms with Crippen LogP contribution in [-0.2, 0) is 11.3 Å². The number of nitrogens with zero attached hydrogens (tertiary/aromatic N) is 2. The van der Waals surface area contributed by atoms with Crippen LogP contribution in [0.25, 0.3) is 22.0 Å². The Bertz CT molecular complexity index is 896. The van der Waals surface area contributed by atoms with Gasteiger partial charge in [0.1, 0.15) is 0 Å². The van der Waals surface area contributed by atoms with Gasteiger partial charge >= 0.3 is 0 Å². The summed E-state index contributed by atoms with van der Waals surface area (Å²) in [5, 5.41) is 0.618. The fourth-order valence-electron chi connectivity index (χ4n) is 3.07. The van der Waals surface area contributed by atoms with Gasteiger partial charge in [0.25, 0.3) is 5.56 Å². The normalized spacial score (nSPS) is 15.7. The average Bonchev–Trinajstić information content (AvgIpc) is 2.63. The van der Waals surface area contributed by atoms with Gasteiger partial charge in [0.15, 0.2) is 0 Å². The summed E-state index contributed by atoms with van der Waals surface area (Å²) in [5.41, 5.74) is 4.03. The molecule has 2 heterocycles. The Kier molecular flexibility index (Phi) is 4.11. The molecular formula is C19H19N3O2. The second kappa shape index (κ2) is 6.55. The molecule has 0 spiro atoms. The molecular weight excluding hydrogens is 302 g/mol. The third-order valence-corrected chi connectivity index (χ3v) is 4.44. The van der Waals surface area contributed by atoms with Gasteiger partial charge in [-0.25, -0.2) is 4.98 Å². The van der Waals surface area contributed by atoms with E-state index < -0.39 is 0 Å². The van der Waals surface area contributed by atoms with Crippen LogP contribution >= 0.6 is 0 Å². The number of fused-ring (bicyclic) bond motifs is 1. The van der Waals surface area contributed by atoms with Gasteiger partial charge in [0.2, 0.25) is 0 Å². The topological polar surface area (TPSA) is 58.2 Å². The van der Waals surface area contributed by atoms with Crippen LogP contribution in [0, 0.1) is 0 Å². The van der Waals surface area contributed by atoms with Gasteiger partial charge in [-0.3, -0.25) is 9.69 Å². The van der Waals surface area contributed by atoms with Crippen LogP contribution < -0.4 is 5.56 Å². The fraction of sp³-hybridized carbons (Fsp3) is 0.263. The Morgan fingerprint density at radius 3 is 2.58 bits per heavy atom. The molecule has 4 rings (SSSR count). The number of ether oxygens (including phenoxy) is 1. The summed E-state index contributed by atoms with van der Waals surface area (Å²) in [6, 6.07) is 14.3. The molecule has 2 aromatic carbocycles. The Labute approximate surface area is 139 Å². The highest BCUT2D eigenvalue weighted by Gasteiger charge is 2.10. The van der Waals surface area contributed by atoms with Gasteiger partial charge in [0, 0.05) is 19.6 Å². The first-order valence-corrected chi connectivity index (χ1v) is 8.16.